The molecule has 4 nitrogen and oxygen atoms in total. The largest absolute Gasteiger partial charge is 0.464 e. The van der Waals surface area contributed by atoms with Crippen molar-refractivity contribution in [1.82, 2.24) is 5.32 Å². The second-order valence-corrected chi connectivity index (χ2v) is 4.07. The highest BCUT2D eigenvalue weighted by molar-refractivity contribution is 5.97. The number of alkyl halides is 3. The van der Waals surface area contributed by atoms with E-state index in [1.165, 1.54) is 25.1 Å². The Bertz CT molecular complexity index is 500. The highest BCUT2D eigenvalue weighted by Crippen LogP contribution is 2.21. The summed E-state index contributed by atoms with van der Waals surface area (Å²) in [4.78, 5) is 23.0. The molecule has 1 aromatic rings. The molecule has 0 aliphatic rings. The Labute approximate surface area is 113 Å². The van der Waals surface area contributed by atoms with Crippen LogP contribution in [0.25, 0.3) is 0 Å². The molecule has 7 heteroatoms. The van der Waals surface area contributed by atoms with E-state index in [0.29, 0.717) is 0 Å². The van der Waals surface area contributed by atoms with E-state index in [1.54, 1.807) is 18.3 Å². The molecule has 1 amide bonds. The van der Waals surface area contributed by atoms with E-state index in [4.69, 9.17) is 0 Å². The minimum Gasteiger partial charge on any atom is -0.464 e. The van der Waals surface area contributed by atoms with E-state index in [-0.39, 0.29) is 12.2 Å². The van der Waals surface area contributed by atoms with Gasteiger partial charge in [0, 0.05) is 5.56 Å². The fourth-order valence-electron chi connectivity index (χ4n) is 1.50. The number of ether oxygens (including phenoxy) is 1. The zero-order valence-corrected chi connectivity index (χ0v) is 11.0. The molecule has 1 atom stereocenters. The molecule has 0 radical (unpaired) electrons. The molecule has 0 aliphatic heterocycles. The summed E-state index contributed by atoms with van der Waals surface area (Å²) >= 11 is 0. The number of rotatable bonds is 4. The summed E-state index contributed by atoms with van der Waals surface area (Å²) in [6.07, 6.45) is -4.91. The van der Waals surface area contributed by atoms with Crippen LogP contribution in [0.2, 0.25) is 0 Å². The number of esters is 1. The smallest absolute Gasteiger partial charge is 0.419 e. The molecule has 1 rings (SSSR count). The molecule has 20 heavy (non-hydrogen) atoms. The van der Waals surface area contributed by atoms with Gasteiger partial charge in [-0.25, -0.2) is 4.79 Å². The fourth-order valence-corrected chi connectivity index (χ4v) is 1.50. The highest BCUT2D eigenvalue weighted by atomic mass is 19.4. The third kappa shape index (κ3) is 4.25. The molecule has 1 aromatic carbocycles. The van der Waals surface area contributed by atoms with Gasteiger partial charge in [0.05, 0.1) is 6.61 Å². The average Bonchev–Trinajstić information content (AvgIpc) is 2.34. The van der Waals surface area contributed by atoms with Crippen molar-refractivity contribution in [3.8, 4) is 0 Å². The van der Waals surface area contributed by atoms with E-state index in [9.17, 15) is 22.8 Å². The van der Waals surface area contributed by atoms with Gasteiger partial charge in [0.25, 0.3) is 5.91 Å². The molecular formula is C13H14F3NO3. The summed E-state index contributed by atoms with van der Waals surface area (Å²) in [7, 11) is 0. The van der Waals surface area contributed by atoms with Crippen LogP contribution >= 0.6 is 0 Å². The van der Waals surface area contributed by atoms with Gasteiger partial charge >= 0.3 is 12.1 Å². The summed E-state index contributed by atoms with van der Waals surface area (Å²) in [5.41, 5.74) is 0.765. The normalized spacial score (nSPS) is 12.7. The number of nitrogens with one attached hydrogen (secondary N) is 1. The number of benzene rings is 1. The van der Waals surface area contributed by atoms with Crippen molar-refractivity contribution in [2.75, 3.05) is 6.61 Å². The quantitative estimate of drug-likeness (QED) is 0.865. The highest BCUT2D eigenvalue weighted by Gasteiger charge is 2.47. The summed E-state index contributed by atoms with van der Waals surface area (Å²) in [6, 6.07) is 3.35. The number of hydrogen-bond donors (Lipinski definition) is 1. The molecule has 0 spiro atoms. The molecule has 0 heterocycles. The van der Waals surface area contributed by atoms with Crippen LogP contribution in [0.1, 0.15) is 22.8 Å². The first-order valence-electron chi connectivity index (χ1n) is 5.86. The minimum atomic E-state index is -4.91. The molecule has 0 saturated heterocycles. The predicted molar refractivity (Wildman–Crippen MR) is 65.1 cm³/mol. The van der Waals surface area contributed by atoms with E-state index in [0.717, 1.165) is 5.56 Å². The number of aryl methyl sites for hydroxylation is 1. The molecule has 0 aromatic heterocycles. The molecule has 0 aliphatic carbocycles. The van der Waals surface area contributed by atoms with Gasteiger partial charge in [-0.15, -0.1) is 0 Å². The average molecular weight is 289 g/mol. The van der Waals surface area contributed by atoms with Crippen LogP contribution in [-0.2, 0) is 9.53 Å². The maximum absolute atomic E-state index is 12.7. The lowest BCUT2D eigenvalue weighted by molar-refractivity contribution is -0.182. The Kier molecular flexibility index (Phi) is 5.12. The number of halogens is 3. The van der Waals surface area contributed by atoms with Gasteiger partial charge < -0.3 is 10.1 Å². The van der Waals surface area contributed by atoms with Gasteiger partial charge in [-0.2, -0.15) is 13.2 Å². The maximum Gasteiger partial charge on any atom is 0.419 e. The van der Waals surface area contributed by atoms with E-state index in [1.807, 2.05) is 0 Å². The number of hydrogen-bond acceptors (Lipinski definition) is 3. The minimum absolute atomic E-state index is 0.0450. The summed E-state index contributed by atoms with van der Waals surface area (Å²) in [5, 5.41) is 1.65. The van der Waals surface area contributed by atoms with Crippen molar-refractivity contribution in [1.29, 1.82) is 0 Å². The maximum atomic E-state index is 12.7. The molecule has 0 saturated carbocycles. The van der Waals surface area contributed by atoms with Gasteiger partial charge in [-0.1, -0.05) is 17.7 Å². The lowest BCUT2D eigenvalue weighted by Gasteiger charge is -2.19. The molecule has 0 bridgehead atoms. The number of carbonyl (C=O) groups is 2. The van der Waals surface area contributed by atoms with Crippen LogP contribution in [0.3, 0.4) is 0 Å². The zero-order valence-electron chi connectivity index (χ0n) is 11.0. The topological polar surface area (TPSA) is 55.4 Å². The van der Waals surface area contributed by atoms with Crippen molar-refractivity contribution >= 4 is 11.9 Å². The Balaban J connectivity index is 2.90. The molecule has 0 fully saturated rings. The Morgan fingerprint density at radius 1 is 1.35 bits per heavy atom. The summed E-state index contributed by atoms with van der Waals surface area (Å²) in [6.45, 7) is 2.88. The third-order valence-corrected chi connectivity index (χ3v) is 2.41. The van der Waals surface area contributed by atoms with Crippen LogP contribution < -0.4 is 5.32 Å². The van der Waals surface area contributed by atoms with Crippen molar-refractivity contribution in [2.45, 2.75) is 26.1 Å². The first kappa shape index (κ1) is 16.0. The molecule has 1 N–H and O–H groups in total. The predicted octanol–water partition coefficient (Wildman–Crippen LogP) is 2.22. The zero-order chi connectivity index (χ0) is 15.3. The number of amides is 1. The van der Waals surface area contributed by atoms with Crippen molar-refractivity contribution in [3.05, 3.63) is 35.4 Å². The second-order valence-electron chi connectivity index (χ2n) is 4.07. The van der Waals surface area contributed by atoms with E-state index in [2.05, 4.69) is 4.74 Å². The first-order valence-corrected chi connectivity index (χ1v) is 5.86. The molecule has 110 valence electrons. The second kappa shape index (κ2) is 6.40. The van der Waals surface area contributed by atoms with Crippen molar-refractivity contribution in [2.24, 2.45) is 0 Å². The van der Waals surface area contributed by atoms with Crippen LogP contribution in [0, 0.1) is 6.92 Å². The lowest BCUT2D eigenvalue weighted by Crippen LogP contribution is -2.51. The van der Waals surface area contributed by atoms with Crippen molar-refractivity contribution < 1.29 is 27.5 Å². The van der Waals surface area contributed by atoms with Gasteiger partial charge in [-0.05, 0) is 26.0 Å². The Morgan fingerprint density at radius 3 is 2.50 bits per heavy atom. The Morgan fingerprint density at radius 2 is 2.00 bits per heavy atom. The Hall–Kier alpha value is -2.05. The van der Waals surface area contributed by atoms with E-state index >= 15 is 0 Å². The standard InChI is InChI=1S/C13H14F3NO3/c1-3-20-12(19)10(13(14,15)16)17-11(18)9-6-4-5-8(2)7-9/h4-7,10H,3H2,1-2H3,(H,17,18)/t10-/m1/s1. The van der Waals surface area contributed by atoms with Crippen molar-refractivity contribution in [3.63, 3.8) is 0 Å². The lowest BCUT2D eigenvalue weighted by atomic mass is 10.1. The van der Waals surface area contributed by atoms with Crippen LogP contribution in [0.5, 0.6) is 0 Å². The van der Waals surface area contributed by atoms with Gasteiger partial charge in [0.15, 0.2) is 0 Å². The summed E-state index contributed by atoms with van der Waals surface area (Å²) < 4.78 is 42.5. The number of carbonyl (C=O) groups excluding carboxylic acids is 2. The first-order chi connectivity index (χ1) is 9.25. The van der Waals surface area contributed by atoms with E-state index < -0.39 is 24.1 Å². The van der Waals surface area contributed by atoms with Crippen LogP contribution in [0.4, 0.5) is 13.2 Å². The van der Waals surface area contributed by atoms with Gasteiger partial charge in [0.2, 0.25) is 6.04 Å². The van der Waals surface area contributed by atoms with Crippen LogP contribution in [0.15, 0.2) is 24.3 Å². The van der Waals surface area contributed by atoms with Crippen LogP contribution in [-0.4, -0.2) is 30.7 Å². The molecule has 0 unspecified atom stereocenters. The fraction of sp³-hybridized carbons (Fsp3) is 0.385. The summed E-state index contributed by atoms with van der Waals surface area (Å²) in [5.74, 6) is -2.51. The van der Waals surface area contributed by atoms with Gasteiger partial charge in [0.1, 0.15) is 0 Å². The third-order valence-electron chi connectivity index (χ3n) is 2.41. The monoisotopic (exact) mass is 289 g/mol. The van der Waals surface area contributed by atoms with Gasteiger partial charge in [-0.3, -0.25) is 4.79 Å². The SMILES string of the molecule is CCOC(=O)[C@@H](NC(=O)c1cccc(C)c1)C(F)(F)F. The molecular weight excluding hydrogens is 275 g/mol.